The van der Waals surface area contributed by atoms with Gasteiger partial charge in [0.2, 0.25) is 0 Å². The van der Waals surface area contributed by atoms with Crippen molar-refractivity contribution in [3.8, 4) is 11.5 Å². The Kier molecular flexibility index (Phi) is 5.12. The predicted molar refractivity (Wildman–Crippen MR) is 64.0 cm³/mol. The number of aliphatic hydroxyl groups excluding tert-OH is 1. The highest BCUT2D eigenvalue weighted by molar-refractivity contribution is 5.31. The van der Waals surface area contributed by atoms with E-state index in [1.165, 1.54) is 0 Å². The van der Waals surface area contributed by atoms with Gasteiger partial charge in [0.25, 0.3) is 0 Å². The monoisotopic (exact) mass is 224 g/mol. The average molecular weight is 224 g/mol. The fourth-order valence-electron chi connectivity index (χ4n) is 1.18. The molecule has 0 saturated heterocycles. The largest absolute Gasteiger partial charge is 0.491 e. The van der Waals surface area contributed by atoms with E-state index in [1.54, 1.807) is 0 Å². The molecule has 0 aromatic heterocycles. The van der Waals surface area contributed by atoms with Crippen LogP contribution >= 0.6 is 0 Å². The summed E-state index contributed by atoms with van der Waals surface area (Å²) >= 11 is 0. The highest BCUT2D eigenvalue weighted by Crippen LogP contribution is 2.19. The molecule has 0 saturated carbocycles. The minimum absolute atomic E-state index is 0.0190. The summed E-state index contributed by atoms with van der Waals surface area (Å²) in [7, 11) is 0. The second-order valence-corrected chi connectivity index (χ2v) is 3.92. The van der Waals surface area contributed by atoms with Gasteiger partial charge in [-0.05, 0) is 44.5 Å². The van der Waals surface area contributed by atoms with Crippen LogP contribution in [0.3, 0.4) is 0 Å². The molecule has 0 aliphatic carbocycles. The van der Waals surface area contributed by atoms with Gasteiger partial charge >= 0.3 is 0 Å². The van der Waals surface area contributed by atoms with Gasteiger partial charge in [0.1, 0.15) is 17.6 Å². The lowest BCUT2D eigenvalue weighted by Gasteiger charge is -2.14. The molecule has 1 aromatic carbocycles. The van der Waals surface area contributed by atoms with Crippen LogP contribution in [0.15, 0.2) is 24.3 Å². The third-order valence-corrected chi connectivity index (χ3v) is 2.33. The second kappa shape index (κ2) is 6.38. The molecule has 3 heteroatoms. The SMILES string of the molecule is CCC(C)Oc1ccc(OC(C)CO)cc1. The summed E-state index contributed by atoms with van der Waals surface area (Å²) in [6, 6.07) is 7.46. The number of ether oxygens (including phenoxy) is 2. The van der Waals surface area contributed by atoms with Crippen LogP contribution < -0.4 is 9.47 Å². The zero-order valence-electron chi connectivity index (χ0n) is 10.1. The molecule has 0 bridgehead atoms. The Morgan fingerprint density at radius 2 is 1.44 bits per heavy atom. The van der Waals surface area contributed by atoms with Gasteiger partial charge in [-0.3, -0.25) is 0 Å². The summed E-state index contributed by atoms with van der Waals surface area (Å²) in [6.07, 6.45) is 1.03. The summed E-state index contributed by atoms with van der Waals surface area (Å²) in [5.41, 5.74) is 0. The second-order valence-electron chi connectivity index (χ2n) is 3.92. The van der Waals surface area contributed by atoms with Crippen molar-refractivity contribution >= 4 is 0 Å². The lowest BCUT2D eigenvalue weighted by molar-refractivity contribution is 0.129. The smallest absolute Gasteiger partial charge is 0.120 e. The minimum atomic E-state index is -0.179. The molecule has 1 rings (SSSR count). The first kappa shape index (κ1) is 12.8. The first-order valence-corrected chi connectivity index (χ1v) is 5.70. The van der Waals surface area contributed by atoms with Crippen molar-refractivity contribution in [2.45, 2.75) is 39.4 Å². The van der Waals surface area contributed by atoms with Crippen LogP contribution in [0.5, 0.6) is 11.5 Å². The van der Waals surface area contributed by atoms with Crippen molar-refractivity contribution in [3.05, 3.63) is 24.3 Å². The van der Waals surface area contributed by atoms with Gasteiger partial charge in [0.15, 0.2) is 0 Å². The van der Waals surface area contributed by atoms with E-state index in [1.807, 2.05) is 38.1 Å². The van der Waals surface area contributed by atoms with Gasteiger partial charge in [0.05, 0.1) is 12.7 Å². The molecule has 0 aliphatic heterocycles. The van der Waals surface area contributed by atoms with E-state index in [0.29, 0.717) is 0 Å². The van der Waals surface area contributed by atoms with Crippen molar-refractivity contribution in [1.82, 2.24) is 0 Å². The zero-order chi connectivity index (χ0) is 12.0. The van der Waals surface area contributed by atoms with Gasteiger partial charge in [0, 0.05) is 0 Å². The normalized spacial score (nSPS) is 14.2. The lowest BCUT2D eigenvalue weighted by Crippen LogP contribution is -2.16. The van der Waals surface area contributed by atoms with Crippen LogP contribution in [-0.2, 0) is 0 Å². The molecule has 0 spiro atoms. The first-order valence-electron chi connectivity index (χ1n) is 5.70. The van der Waals surface area contributed by atoms with E-state index >= 15 is 0 Å². The number of rotatable bonds is 6. The molecule has 0 radical (unpaired) electrons. The molecule has 0 aliphatic rings. The van der Waals surface area contributed by atoms with Gasteiger partial charge in [-0.2, -0.15) is 0 Å². The fraction of sp³-hybridized carbons (Fsp3) is 0.538. The Bertz CT molecular complexity index is 264. The highest BCUT2D eigenvalue weighted by Gasteiger charge is 2.03. The Hall–Kier alpha value is -1.22. The molecule has 90 valence electrons. The number of benzene rings is 1. The summed E-state index contributed by atoms with van der Waals surface area (Å²) in [6.45, 7) is 5.97. The topological polar surface area (TPSA) is 38.7 Å². The maximum atomic E-state index is 8.85. The number of hydrogen-bond acceptors (Lipinski definition) is 3. The minimum Gasteiger partial charge on any atom is -0.491 e. The fourth-order valence-corrected chi connectivity index (χ4v) is 1.18. The van der Waals surface area contributed by atoms with Crippen molar-refractivity contribution in [2.24, 2.45) is 0 Å². The lowest BCUT2D eigenvalue weighted by atomic mass is 10.3. The molecule has 16 heavy (non-hydrogen) atoms. The van der Waals surface area contributed by atoms with Crippen LogP contribution in [0.25, 0.3) is 0 Å². The van der Waals surface area contributed by atoms with E-state index < -0.39 is 0 Å². The Morgan fingerprint density at radius 3 is 1.81 bits per heavy atom. The first-order chi connectivity index (χ1) is 7.65. The highest BCUT2D eigenvalue weighted by atomic mass is 16.5. The standard InChI is InChI=1S/C13H20O3/c1-4-10(2)15-12-5-7-13(8-6-12)16-11(3)9-14/h5-8,10-11,14H,4,9H2,1-3H3. The molecular formula is C13H20O3. The average Bonchev–Trinajstić information content (AvgIpc) is 2.31. The quantitative estimate of drug-likeness (QED) is 0.807. The van der Waals surface area contributed by atoms with E-state index in [4.69, 9.17) is 14.6 Å². The van der Waals surface area contributed by atoms with Gasteiger partial charge in [-0.1, -0.05) is 6.92 Å². The Labute approximate surface area is 97.0 Å². The number of hydrogen-bond donors (Lipinski definition) is 1. The maximum absolute atomic E-state index is 8.85. The summed E-state index contributed by atoms with van der Waals surface area (Å²) < 4.78 is 11.1. The summed E-state index contributed by atoms with van der Waals surface area (Å²) in [5, 5.41) is 8.85. The van der Waals surface area contributed by atoms with Gasteiger partial charge in [-0.25, -0.2) is 0 Å². The molecule has 0 fully saturated rings. The van der Waals surface area contributed by atoms with E-state index in [2.05, 4.69) is 6.92 Å². The predicted octanol–water partition coefficient (Wildman–Crippen LogP) is 2.62. The van der Waals surface area contributed by atoms with Crippen LogP contribution in [0.4, 0.5) is 0 Å². The molecule has 2 atom stereocenters. The van der Waals surface area contributed by atoms with Crippen molar-refractivity contribution in [1.29, 1.82) is 0 Å². The number of aliphatic hydroxyl groups is 1. The van der Waals surface area contributed by atoms with Crippen LogP contribution in [0.2, 0.25) is 0 Å². The van der Waals surface area contributed by atoms with E-state index in [-0.39, 0.29) is 18.8 Å². The van der Waals surface area contributed by atoms with Crippen LogP contribution in [-0.4, -0.2) is 23.9 Å². The molecule has 1 N–H and O–H groups in total. The van der Waals surface area contributed by atoms with Crippen LogP contribution in [0.1, 0.15) is 27.2 Å². The van der Waals surface area contributed by atoms with Gasteiger partial charge < -0.3 is 14.6 Å². The zero-order valence-corrected chi connectivity index (χ0v) is 10.1. The molecule has 2 unspecified atom stereocenters. The Morgan fingerprint density at radius 1 is 1.00 bits per heavy atom. The third kappa shape index (κ3) is 4.11. The van der Waals surface area contributed by atoms with Crippen molar-refractivity contribution in [3.63, 3.8) is 0 Å². The Balaban J connectivity index is 2.54. The summed E-state index contributed by atoms with van der Waals surface area (Å²) in [4.78, 5) is 0. The van der Waals surface area contributed by atoms with E-state index in [0.717, 1.165) is 17.9 Å². The molecule has 0 heterocycles. The molecule has 3 nitrogen and oxygen atoms in total. The van der Waals surface area contributed by atoms with Crippen molar-refractivity contribution in [2.75, 3.05) is 6.61 Å². The van der Waals surface area contributed by atoms with Gasteiger partial charge in [-0.15, -0.1) is 0 Å². The van der Waals surface area contributed by atoms with Crippen LogP contribution in [0, 0.1) is 0 Å². The molecule has 1 aromatic rings. The maximum Gasteiger partial charge on any atom is 0.120 e. The molecule has 0 amide bonds. The summed E-state index contributed by atoms with van der Waals surface area (Å²) in [5.74, 6) is 1.59. The third-order valence-electron chi connectivity index (χ3n) is 2.33. The van der Waals surface area contributed by atoms with Crippen molar-refractivity contribution < 1.29 is 14.6 Å². The molecular weight excluding hydrogens is 204 g/mol. The van der Waals surface area contributed by atoms with E-state index in [9.17, 15) is 0 Å².